The van der Waals surface area contributed by atoms with Gasteiger partial charge in [0.05, 0.1) is 0 Å². The summed E-state index contributed by atoms with van der Waals surface area (Å²) in [6, 6.07) is 0. The van der Waals surface area contributed by atoms with Crippen molar-refractivity contribution >= 4 is 47.2 Å². The Balaban J connectivity index is 3.22. The maximum atomic E-state index is 11.6. The van der Waals surface area contributed by atoms with Crippen molar-refractivity contribution in [2.75, 3.05) is 18.2 Å². The second-order valence-electron chi connectivity index (χ2n) is 5.63. The van der Waals surface area contributed by atoms with Gasteiger partial charge in [-0.25, -0.2) is 0 Å². The lowest BCUT2D eigenvalue weighted by Crippen LogP contribution is -2.61. The molecule has 0 radical (unpaired) electrons. The minimum atomic E-state index is -1.14. The highest BCUT2D eigenvalue weighted by Crippen LogP contribution is 2.34. The van der Waals surface area contributed by atoms with Crippen molar-refractivity contribution in [2.45, 2.75) is 57.5 Å². The Labute approximate surface area is 166 Å². The summed E-state index contributed by atoms with van der Waals surface area (Å²) in [7, 11) is 0. The van der Waals surface area contributed by atoms with E-state index in [0.717, 1.165) is 0 Å². The smallest absolute Gasteiger partial charge is 0.303 e. The molecule has 1 saturated heterocycles. The molecular weight excluding hydrogens is 404 g/mol. The summed E-state index contributed by atoms with van der Waals surface area (Å²) in [4.78, 5) is 45.9. The summed E-state index contributed by atoms with van der Waals surface area (Å²) < 4.78 is 26.7. The van der Waals surface area contributed by atoms with Crippen LogP contribution in [-0.2, 0) is 42.9 Å². The van der Waals surface area contributed by atoms with E-state index in [4.69, 9.17) is 35.3 Å². The fourth-order valence-corrected chi connectivity index (χ4v) is 3.69. The summed E-state index contributed by atoms with van der Waals surface area (Å²) >= 11 is 6.96. The second kappa shape index (κ2) is 11.4. The molecule has 0 aromatic heterocycles. The molecule has 0 saturated carbocycles. The SMILES string of the molecule is CC(=O)OC[C@H]1O[C@@H](SCCCl)[C@H](OC(C)=O)[C@@H](OC(C)=O)[C@@H]1OC(C)=O. The summed E-state index contributed by atoms with van der Waals surface area (Å²) in [5.41, 5.74) is -0.774. The van der Waals surface area contributed by atoms with Gasteiger partial charge in [-0.15, -0.1) is 23.4 Å². The van der Waals surface area contributed by atoms with Gasteiger partial charge in [-0.3, -0.25) is 19.2 Å². The van der Waals surface area contributed by atoms with E-state index >= 15 is 0 Å². The highest BCUT2D eigenvalue weighted by molar-refractivity contribution is 7.99. The third-order valence-corrected chi connectivity index (χ3v) is 4.87. The standard InChI is InChI=1S/C16H23ClO9S/c1-8(18)22-7-12-13(23-9(2)19)14(24-10(3)20)15(25-11(4)21)16(26-12)27-6-5-17/h12-16H,5-7H2,1-4H3/t12-,13-,14+,15-,16+/m1/s1. The number of rotatable bonds is 8. The Morgan fingerprint density at radius 1 is 0.852 bits per heavy atom. The second-order valence-corrected chi connectivity index (χ2v) is 7.21. The minimum absolute atomic E-state index is 0.240. The zero-order valence-corrected chi connectivity index (χ0v) is 17.0. The molecule has 5 atom stereocenters. The topological polar surface area (TPSA) is 114 Å². The quantitative estimate of drug-likeness (QED) is 0.316. The van der Waals surface area contributed by atoms with E-state index in [1.165, 1.54) is 39.5 Å². The Morgan fingerprint density at radius 2 is 1.37 bits per heavy atom. The van der Waals surface area contributed by atoms with Crippen LogP contribution in [0, 0.1) is 0 Å². The summed E-state index contributed by atoms with van der Waals surface area (Å²) in [6.07, 6.45) is -4.25. The van der Waals surface area contributed by atoms with Gasteiger partial charge in [-0.05, 0) is 0 Å². The fraction of sp³-hybridized carbons (Fsp3) is 0.750. The largest absolute Gasteiger partial charge is 0.463 e. The van der Waals surface area contributed by atoms with Gasteiger partial charge in [0, 0.05) is 39.3 Å². The van der Waals surface area contributed by atoms with Crippen LogP contribution in [0.25, 0.3) is 0 Å². The molecule has 154 valence electrons. The molecule has 0 spiro atoms. The zero-order chi connectivity index (χ0) is 20.6. The first kappa shape index (κ1) is 23.5. The molecule has 1 fully saturated rings. The average Bonchev–Trinajstić information content (AvgIpc) is 2.54. The molecule has 9 nitrogen and oxygen atoms in total. The molecular formula is C16H23ClO9S. The third-order valence-electron chi connectivity index (χ3n) is 3.31. The number of alkyl halides is 1. The van der Waals surface area contributed by atoms with Crippen LogP contribution >= 0.6 is 23.4 Å². The van der Waals surface area contributed by atoms with Gasteiger partial charge >= 0.3 is 23.9 Å². The Hall–Kier alpha value is -1.52. The van der Waals surface area contributed by atoms with Gasteiger partial charge in [0.15, 0.2) is 18.3 Å². The van der Waals surface area contributed by atoms with Gasteiger partial charge in [0.1, 0.15) is 18.1 Å². The highest BCUT2D eigenvalue weighted by atomic mass is 35.5. The van der Waals surface area contributed by atoms with Crippen LogP contribution in [0.1, 0.15) is 27.7 Å². The van der Waals surface area contributed by atoms with E-state index in [0.29, 0.717) is 11.6 Å². The first-order chi connectivity index (χ1) is 12.6. The molecule has 1 rings (SSSR count). The van der Waals surface area contributed by atoms with Crippen molar-refractivity contribution in [3.63, 3.8) is 0 Å². The lowest BCUT2D eigenvalue weighted by Gasteiger charge is -2.44. The molecule has 0 N–H and O–H groups in total. The van der Waals surface area contributed by atoms with Crippen molar-refractivity contribution < 1.29 is 42.9 Å². The van der Waals surface area contributed by atoms with E-state index in [-0.39, 0.29) is 6.61 Å². The van der Waals surface area contributed by atoms with Gasteiger partial charge in [-0.1, -0.05) is 0 Å². The number of carbonyl (C=O) groups excluding carboxylic acids is 4. The predicted molar refractivity (Wildman–Crippen MR) is 95.1 cm³/mol. The molecule has 1 heterocycles. The number of esters is 4. The number of thioether (sulfide) groups is 1. The van der Waals surface area contributed by atoms with Gasteiger partial charge in [0.25, 0.3) is 0 Å². The third kappa shape index (κ3) is 7.94. The molecule has 0 bridgehead atoms. The zero-order valence-electron chi connectivity index (χ0n) is 15.5. The molecule has 27 heavy (non-hydrogen) atoms. The minimum Gasteiger partial charge on any atom is -0.463 e. The van der Waals surface area contributed by atoms with Crippen LogP contribution in [0.4, 0.5) is 0 Å². The highest BCUT2D eigenvalue weighted by Gasteiger charge is 2.52. The number of hydrogen-bond donors (Lipinski definition) is 0. The lowest BCUT2D eigenvalue weighted by atomic mass is 9.99. The van der Waals surface area contributed by atoms with Crippen LogP contribution in [0.2, 0.25) is 0 Å². The Bertz CT molecular complexity index is 556. The molecule has 1 aliphatic heterocycles. The first-order valence-corrected chi connectivity index (χ1v) is 9.72. The van der Waals surface area contributed by atoms with Gasteiger partial charge in [0.2, 0.25) is 0 Å². The molecule has 11 heteroatoms. The molecule has 0 unspecified atom stereocenters. The van der Waals surface area contributed by atoms with Crippen molar-refractivity contribution in [2.24, 2.45) is 0 Å². The van der Waals surface area contributed by atoms with Crippen molar-refractivity contribution in [1.29, 1.82) is 0 Å². The average molecular weight is 427 g/mol. The number of carbonyl (C=O) groups is 4. The van der Waals surface area contributed by atoms with Crippen molar-refractivity contribution in [3.8, 4) is 0 Å². The van der Waals surface area contributed by atoms with Crippen LogP contribution in [0.15, 0.2) is 0 Å². The van der Waals surface area contributed by atoms with E-state index in [9.17, 15) is 19.2 Å². The van der Waals surface area contributed by atoms with Crippen LogP contribution in [-0.4, -0.2) is 72.0 Å². The fourth-order valence-electron chi connectivity index (χ4n) is 2.48. The normalized spacial score (nSPS) is 27.4. The van der Waals surface area contributed by atoms with Crippen molar-refractivity contribution in [3.05, 3.63) is 0 Å². The van der Waals surface area contributed by atoms with Crippen molar-refractivity contribution in [1.82, 2.24) is 0 Å². The number of halogens is 1. The van der Waals surface area contributed by atoms with Gasteiger partial charge < -0.3 is 23.7 Å². The van der Waals surface area contributed by atoms with E-state index < -0.39 is 53.7 Å². The van der Waals surface area contributed by atoms with E-state index in [2.05, 4.69) is 0 Å². The monoisotopic (exact) mass is 426 g/mol. The van der Waals surface area contributed by atoms with E-state index in [1.807, 2.05) is 0 Å². The Kier molecular flexibility index (Phi) is 9.89. The van der Waals surface area contributed by atoms with Crippen LogP contribution in [0.3, 0.4) is 0 Å². The van der Waals surface area contributed by atoms with Gasteiger partial charge in [-0.2, -0.15) is 0 Å². The molecule has 1 aliphatic rings. The summed E-state index contributed by atoms with van der Waals surface area (Å²) in [5, 5.41) is 0. The van der Waals surface area contributed by atoms with Crippen LogP contribution in [0.5, 0.6) is 0 Å². The van der Waals surface area contributed by atoms with E-state index in [1.54, 1.807) is 0 Å². The first-order valence-electron chi connectivity index (χ1n) is 8.13. The summed E-state index contributed by atoms with van der Waals surface area (Å²) in [5.74, 6) is -1.76. The summed E-state index contributed by atoms with van der Waals surface area (Å²) in [6.45, 7) is 4.51. The molecule has 0 aromatic carbocycles. The molecule has 0 amide bonds. The van der Waals surface area contributed by atoms with Crippen LogP contribution < -0.4 is 0 Å². The maximum absolute atomic E-state index is 11.6. The maximum Gasteiger partial charge on any atom is 0.303 e. The predicted octanol–water partition coefficient (Wildman–Crippen LogP) is 1.04. The Morgan fingerprint density at radius 3 is 1.85 bits per heavy atom. The number of hydrogen-bond acceptors (Lipinski definition) is 10. The molecule has 0 aliphatic carbocycles. The number of ether oxygens (including phenoxy) is 5. The molecule has 0 aromatic rings. The lowest BCUT2D eigenvalue weighted by molar-refractivity contribution is -0.237.